The molecule has 16 heavy (non-hydrogen) atoms. The van der Waals surface area contributed by atoms with Crippen LogP contribution >= 0.6 is 0 Å². The van der Waals surface area contributed by atoms with Crippen molar-refractivity contribution in [1.29, 1.82) is 0 Å². The molecular weight excluding hydrogens is 210 g/mol. The summed E-state index contributed by atoms with van der Waals surface area (Å²) in [7, 11) is 0. The molecule has 1 amide bonds. The number of hydrogen-bond donors (Lipinski definition) is 1. The number of nitrogens with one attached hydrogen (secondary N) is 1. The van der Waals surface area contributed by atoms with Crippen LogP contribution in [-0.2, 0) is 16.1 Å². The summed E-state index contributed by atoms with van der Waals surface area (Å²) in [5.41, 5.74) is -0.535. The maximum Gasteiger partial charge on any atom is 0.250 e. The molecule has 1 aromatic heterocycles. The third-order valence-corrected chi connectivity index (χ3v) is 1.81. The molecule has 0 spiro atoms. The van der Waals surface area contributed by atoms with Crippen LogP contribution in [0.25, 0.3) is 0 Å². The maximum atomic E-state index is 11.7. The van der Waals surface area contributed by atoms with E-state index >= 15 is 0 Å². The van der Waals surface area contributed by atoms with Gasteiger partial charge in [-0.3, -0.25) is 14.9 Å². The van der Waals surface area contributed by atoms with Crippen molar-refractivity contribution in [2.24, 2.45) is 5.41 Å². The Labute approximate surface area is 93.2 Å². The molecule has 0 aliphatic heterocycles. The lowest BCUT2D eigenvalue weighted by Gasteiger charge is -2.16. The molecule has 7 nitrogen and oxygen atoms in total. The van der Waals surface area contributed by atoms with Crippen LogP contribution in [0.1, 0.15) is 27.7 Å². The smallest absolute Gasteiger partial charge is 0.250 e. The van der Waals surface area contributed by atoms with E-state index in [1.165, 1.54) is 11.6 Å². The molecule has 0 saturated heterocycles. The van der Waals surface area contributed by atoms with Crippen molar-refractivity contribution in [2.75, 3.05) is 5.32 Å². The Morgan fingerprint density at radius 1 is 1.38 bits per heavy atom. The van der Waals surface area contributed by atoms with Crippen molar-refractivity contribution >= 4 is 17.6 Å². The second-order valence-corrected chi connectivity index (χ2v) is 4.57. The fourth-order valence-corrected chi connectivity index (χ4v) is 0.901. The highest BCUT2D eigenvalue weighted by atomic mass is 16.2. The summed E-state index contributed by atoms with van der Waals surface area (Å²) in [5, 5.41) is 13.2. The first-order valence-electron chi connectivity index (χ1n) is 4.88. The molecule has 1 heterocycles. The lowest BCUT2D eigenvalue weighted by atomic mass is 9.96. The van der Waals surface area contributed by atoms with E-state index in [4.69, 9.17) is 0 Å². The fraction of sp³-hybridized carbons (Fsp3) is 0.667. The SMILES string of the molecule is CC(=O)Cn1nnnc1NC(=O)C(C)(C)C. The summed E-state index contributed by atoms with van der Waals surface area (Å²) in [4.78, 5) is 22.6. The first kappa shape index (κ1) is 12.3. The van der Waals surface area contributed by atoms with E-state index in [1.807, 2.05) is 0 Å². The number of ketones is 1. The minimum absolute atomic E-state index is 0.0484. The minimum atomic E-state index is -0.535. The van der Waals surface area contributed by atoms with Crippen molar-refractivity contribution in [3.63, 3.8) is 0 Å². The first-order valence-corrected chi connectivity index (χ1v) is 4.88. The quantitative estimate of drug-likeness (QED) is 0.796. The van der Waals surface area contributed by atoms with E-state index in [2.05, 4.69) is 20.8 Å². The van der Waals surface area contributed by atoms with Gasteiger partial charge in [-0.05, 0) is 17.4 Å². The number of amides is 1. The number of carbonyl (C=O) groups is 2. The van der Waals surface area contributed by atoms with Gasteiger partial charge >= 0.3 is 0 Å². The van der Waals surface area contributed by atoms with Gasteiger partial charge in [0, 0.05) is 5.41 Å². The average molecular weight is 225 g/mol. The van der Waals surface area contributed by atoms with Gasteiger partial charge in [-0.25, -0.2) is 4.68 Å². The van der Waals surface area contributed by atoms with Gasteiger partial charge in [-0.15, -0.1) is 0 Å². The Morgan fingerprint density at radius 2 is 2.00 bits per heavy atom. The van der Waals surface area contributed by atoms with Crippen molar-refractivity contribution in [1.82, 2.24) is 20.2 Å². The Kier molecular flexibility index (Phi) is 3.36. The summed E-state index contributed by atoms with van der Waals surface area (Å²) >= 11 is 0. The van der Waals surface area contributed by atoms with E-state index in [9.17, 15) is 9.59 Å². The van der Waals surface area contributed by atoms with Gasteiger partial charge in [0.1, 0.15) is 6.54 Å². The zero-order chi connectivity index (χ0) is 12.3. The molecule has 1 rings (SSSR count). The Hall–Kier alpha value is -1.79. The maximum absolute atomic E-state index is 11.7. The van der Waals surface area contributed by atoms with Gasteiger partial charge in [0.15, 0.2) is 5.78 Å². The van der Waals surface area contributed by atoms with Crippen molar-refractivity contribution in [2.45, 2.75) is 34.2 Å². The van der Waals surface area contributed by atoms with E-state index in [1.54, 1.807) is 20.8 Å². The third kappa shape index (κ3) is 3.11. The van der Waals surface area contributed by atoms with Crippen molar-refractivity contribution in [3.05, 3.63) is 0 Å². The van der Waals surface area contributed by atoms with Gasteiger partial charge in [-0.1, -0.05) is 25.9 Å². The van der Waals surface area contributed by atoms with E-state index < -0.39 is 5.41 Å². The van der Waals surface area contributed by atoms with Gasteiger partial charge < -0.3 is 0 Å². The van der Waals surface area contributed by atoms with Gasteiger partial charge in [0.25, 0.3) is 0 Å². The van der Waals surface area contributed by atoms with Gasteiger partial charge in [-0.2, -0.15) is 0 Å². The summed E-state index contributed by atoms with van der Waals surface area (Å²) < 4.78 is 1.26. The van der Waals surface area contributed by atoms with Gasteiger partial charge in [0.2, 0.25) is 11.9 Å². The molecule has 0 aliphatic rings. The Morgan fingerprint density at radius 3 is 2.50 bits per heavy atom. The first-order chi connectivity index (χ1) is 7.30. The van der Waals surface area contributed by atoms with Crippen LogP contribution in [0, 0.1) is 5.41 Å². The fourth-order valence-electron chi connectivity index (χ4n) is 0.901. The predicted octanol–water partition coefficient (Wildman–Crippen LogP) is 0.247. The number of rotatable bonds is 3. The summed E-state index contributed by atoms with van der Waals surface area (Å²) in [5.74, 6) is -0.0965. The molecule has 1 aromatic rings. The van der Waals surface area contributed by atoms with Crippen LogP contribution in [0.5, 0.6) is 0 Å². The minimum Gasteiger partial charge on any atom is -0.298 e. The number of carbonyl (C=O) groups excluding carboxylic acids is 2. The number of hydrogen-bond acceptors (Lipinski definition) is 5. The van der Waals surface area contributed by atoms with Crippen LogP contribution in [0.3, 0.4) is 0 Å². The number of tetrazole rings is 1. The molecule has 1 N–H and O–H groups in total. The molecule has 0 aliphatic carbocycles. The standard InChI is InChI=1S/C9H15N5O2/c1-6(15)5-14-8(11-12-13-14)10-7(16)9(2,3)4/h5H2,1-4H3,(H,10,11,13,16). The summed E-state index contributed by atoms with van der Waals surface area (Å²) in [6, 6.07) is 0. The predicted molar refractivity (Wildman–Crippen MR) is 56.6 cm³/mol. The van der Waals surface area contributed by atoms with Crippen LogP contribution in [0.15, 0.2) is 0 Å². The van der Waals surface area contributed by atoms with Crippen molar-refractivity contribution in [3.8, 4) is 0 Å². The highest BCUT2D eigenvalue weighted by Crippen LogP contribution is 2.15. The lowest BCUT2D eigenvalue weighted by molar-refractivity contribution is -0.123. The topological polar surface area (TPSA) is 89.8 Å². The molecule has 0 radical (unpaired) electrons. The normalized spacial score (nSPS) is 11.2. The van der Waals surface area contributed by atoms with Crippen LogP contribution < -0.4 is 5.32 Å². The number of Topliss-reactive ketones (excluding diaryl/α,β-unsaturated/α-hetero) is 1. The number of nitrogens with zero attached hydrogens (tertiary/aromatic N) is 4. The lowest BCUT2D eigenvalue weighted by Crippen LogP contribution is -2.29. The Bertz CT molecular complexity index is 404. The highest BCUT2D eigenvalue weighted by molar-refractivity contribution is 5.93. The second kappa shape index (κ2) is 4.38. The van der Waals surface area contributed by atoms with E-state index in [0.717, 1.165) is 0 Å². The highest BCUT2D eigenvalue weighted by Gasteiger charge is 2.23. The number of aromatic nitrogens is 4. The molecule has 0 unspecified atom stereocenters. The molecule has 0 bridgehead atoms. The average Bonchev–Trinajstić information content (AvgIpc) is 2.50. The monoisotopic (exact) mass is 225 g/mol. The summed E-state index contributed by atoms with van der Waals surface area (Å²) in [6.45, 7) is 6.81. The second-order valence-electron chi connectivity index (χ2n) is 4.57. The zero-order valence-corrected chi connectivity index (χ0v) is 9.81. The third-order valence-electron chi connectivity index (χ3n) is 1.81. The molecule has 7 heteroatoms. The molecule has 0 saturated carbocycles. The molecule has 0 atom stereocenters. The van der Waals surface area contributed by atoms with Crippen molar-refractivity contribution < 1.29 is 9.59 Å². The molecular formula is C9H15N5O2. The largest absolute Gasteiger partial charge is 0.298 e. The van der Waals surface area contributed by atoms with Gasteiger partial charge in [0.05, 0.1) is 0 Å². The molecule has 88 valence electrons. The molecule has 0 fully saturated rings. The van der Waals surface area contributed by atoms with E-state index in [0.29, 0.717) is 0 Å². The van der Waals surface area contributed by atoms with Crippen LogP contribution in [0.4, 0.5) is 5.95 Å². The van der Waals surface area contributed by atoms with E-state index in [-0.39, 0.29) is 24.2 Å². The summed E-state index contributed by atoms with van der Waals surface area (Å²) in [6.07, 6.45) is 0. The van der Waals surface area contributed by atoms with Crippen LogP contribution in [-0.4, -0.2) is 31.9 Å². The van der Waals surface area contributed by atoms with Crippen LogP contribution in [0.2, 0.25) is 0 Å². The number of anilines is 1. The molecule has 0 aromatic carbocycles. The Balaban J connectivity index is 2.78. The zero-order valence-electron chi connectivity index (χ0n) is 9.81.